The standard InChI is InChI=1S/C15H20O4/c1-3-4-12(17)5-6-13(18)10-15-8-7-14(19-15)9-11(2)16/h7-8H,3-6,9-10H2,1-2H3. The first-order valence-electron chi connectivity index (χ1n) is 6.61. The van der Waals surface area contributed by atoms with Crippen LogP contribution in [0.2, 0.25) is 0 Å². The van der Waals surface area contributed by atoms with Crippen LogP contribution in [0, 0.1) is 0 Å². The number of carbonyl (C=O) groups excluding carboxylic acids is 3. The molecule has 0 saturated carbocycles. The first-order valence-corrected chi connectivity index (χ1v) is 6.61. The number of hydrogen-bond donors (Lipinski definition) is 0. The van der Waals surface area contributed by atoms with Gasteiger partial charge in [0.1, 0.15) is 28.9 Å². The number of hydrogen-bond acceptors (Lipinski definition) is 4. The van der Waals surface area contributed by atoms with E-state index in [1.165, 1.54) is 6.92 Å². The molecule has 0 bridgehead atoms. The summed E-state index contributed by atoms with van der Waals surface area (Å²) in [5.41, 5.74) is 0. The number of furan rings is 1. The normalized spacial score (nSPS) is 10.4. The van der Waals surface area contributed by atoms with E-state index < -0.39 is 0 Å². The van der Waals surface area contributed by atoms with E-state index in [9.17, 15) is 14.4 Å². The minimum Gasteiger partial charge on any atom is -0.465 e. The average Bonchev–Trinajstić information content (AvgIpc) is 2.73. The quantitative estimate of drug-likeness (QED) is 0.687. The molecule has 0 aromatic carbocycles. The lowest BCUT2D eigenvalue weighted by atomic mass is 10.1. The molecule has 0 atom stereocenters. The van der Waals surface area contributed by atoms with E-state index in [1.807, 2.05) is 6.92 Å². The lowest BCUT2D eigenvalue weighted by Gasteiger charge is -1.99. The molecule has 0 aliphatic rings. The molecule has 0 amide bonds. The van der Waals surface area contributed by atoms with Gasteiger partial charge in [-0.15, -0.1) is 0 Å². The van der Waals surface area contributed by atoms with Gasteiger partial charge in [-0.2, -0.15) is 0 Å². The topological polar surface area (TPSA) is 64.3 Å². The zero-order chi connectivity index (χ0) is 14.3. The van der Waals surface area contributed by atoms with Crippen LogP contribution in [0.3, 0.4) is 0 Å². The van der Waals surface area contributed by atoms with E-state index in [2.05, 4.69) is 0 Å². The molecule has 1 heterocycles. The van der Waals surface area contributed by atoms with Crippen molar-refractivity contribution in [3.05, 3.63) is 23.7 Å². The molecule has 0 radical (unpaired) electrons. The second kappa shape index (κ2) is 7.67. The Labute approximate surface area is 113 Å². The fourth-order valence-electron chi connectivity index (χ4n) is 1.82. The molecule has 4 heteroatoms. The molecule has 104 valence electrons. The summed E-state index contributed by atoms with van der Waals surface area (Å²) in [6, 6.07) is 3.43. The first-order chi connectivity index (χ1) is 9.01. The van der Waals surface area contributed by atoms with Crippen molar-refractivity contribution in [1.82, 2.24) is 0 Å². The van der Waals surface area contributed by atoms with Crippen LogP contribution in [0.4, 0.5) is 0 Å². The molecular weight excluding hydrogens is 244 g/mol. The zero-order valence-corrected chi connectivity index (χ0v) is 11.5. The lowest BCUT2D eigenvalue weighted by molar-refractivity contribution is -0.124. The molecule has 0 spiro atoms. The van der Waals surface area contributed by atoms with Crippen molar-refractivity contribution in [2.45, 2.75) is 52.4 Å². The monoisotopic (exact) mass is 264 g/mol. The van der Waals surface area contributed by atoms with Gasteiger partial charge >= 0.3 is 0 Å². The Hall–Kier alpha value is -1.71. The Balaban J connectivity index is 2.38. The Morgan fingerprint density at radius 3 is 2.11 bits per heavy atom. The van der Waals surface area contributed by atoms with Crippen molar-refractivity contribution in [2.75, 3.05) is 0 Å². The predicted molar refractivity (Wildman–Crippen MR) is 71.0 cm³/mol. The summed E-state index contributed by atoms with van der Waals surface area (Å²) in [6.07, 6.45) is 2.38. The van der Waals surface area contributed by atoms with Crippen LogP contribution in [0.5, 0.6) is 0 Å². The Morgan fingerprint density at radius 1 is 0.947 bits per heavy atom. The Kier molecular flexibility index (Phi) is 6.19. The first kappa shape index (κ1) is 15.3. The molecule has 1 rings (SSSR count). The van der Waals surface area contributed by atoms with E-state index in [4.69, 9.17) is 4.42 Å². The zero-order valence-electron chi connectivity index (χ0n) is 11.5. The molecular formula is C15H20O4. The largest absolute Gasteiger partial charge is 0.465 e. The number of rotatable bonds is 9. The average molecular weight is 264 g/mol. The summed E-state index contributed by atoms with van der Waals surface area (Å²) in [4.78, 5) is 33.9. The summed E-state index contributed by atoms with van der Waals surface area (Å²) in [7, 11) is 0. The molecule has 0 unspecified atom stereocenters. The van der Waals surface area contributed by atoms with Crippen molar-refractivity contribution in [1.29, 1.82) is 0 Å². The van der Waals surface area contributed by atoms with Gasteiger partial charge in [0.25, 0.3) is 0 Å². The van der Waals surface area contributed by atoms with Gasteiger partial charge in [0.2, 0.25) is 0 Å². The highest BCUT2D eigenvalue weighted by Gasteiger charge is 2.11. The SMILES string of the molecule is CCCC(=O)CCC(=O)Cc1ccc(CC(C)=O)o1. The third-order valence-electron chi connectivity index (χ3n) is 2.72. The molecule has 0 saturated heterocycles. The Morgan fingerprint density at radius 2 is 1.53 bits per heavy atom. The minimum atomic E-state index is -0.00632. The predicted octanol–water partition coefficient (Wildman–Crippen LogP) is 2.67. The molecule has 4 nitrogen and oxygen atoms in total. The maximum absolute atomic E-state index is 11.7. The van der Waals surface area contributed by atoms with Crippen LogP contribution < -0.4 is 0 Å². The van der Waals surface area contributed by atoms with Crippen LogP contribution >= 0.6 is 0 Å². The van der Waals surface area contributed by atoms with Crippen LogP contribution in [-0.2, 0) is 27.2 Å². The van der Waals surface area contributed by atoms with E-state index in [-0.39, 0.29) is 36.6 Å². The molecule has 0 aliphatic heterocycles. The summed E-state index contributed by atoms with van der Waals surface area (Å²) < 4.78 is 5.39. The molecule has 1 aromatic rings. The van der Waals surface area contributed by atoms with E-state index >= 15 is 0 Å². The Bertz CT molecular complexity index is 456. The van der Waals surface area contributed by atoms with Crippen LogP contribution in [-0.4, -0.2) is 17.3 Å². The van der Waals surface area contributed by atoms with E-state index in [0.29, 0.717) is 24.4 Å². The smallest absolute Gasteiger partial charge is 0.140 e. The van der Waals surface area contributed by atoms with Gasteiger partial charge < -0.3 is 4.42 Å². The van der Waals surface area contributed by atoms with Gasteiger partial charge in [-0.3, -0.25) is 14.4 Å². The summed E-state index contributed by atoms with van der Waals surface area (Å²) in [5.74, 6) is 1.29. The fraction of sp³-hybridized carbons (Fsp3) is 0.533. The molecule has 0 N–H and O–H groups in total. The lowest BCUT2D eigenvalue weighted by Crippen LogP contribution is -2.06. The van der Waals surface area contributed by atoms with E-state index in [0.717, 1.165) is 6.42 Å². The van der Waals surface area contributed by atoms with Gasteiger partial charge in [0, 0.05) is 19.3 Å². The van der Waals surface area contributed by atoms with Gasteiger partial charge in [0.15, 0.2) is 0 Å². The molecule has 19 heavy (non-hydrogen) atoms. The van der Waals surface area contributed by atoms with Crippen LogP contribution in [0.15, 0.2) is 16.5 Å². The van der Waals surface area contributed by atoms with Crippen molar-refractivity contribution in [3.8, 4) is 0 Å². The second-order valence-corrected chi connectivity index (χ2v) is 4.75. The summed E-state index contributed by atoms with van der Waals surface area (Å²) in [5, 5.41) is 0. The van der Waals surface area contributed by atoms with Crippen molar-refractivity contribution < 1.29 is 18.8 Å². The maximum atomic E-state index is 11.7. The van der Waals surface area contributed by atoms with Gasteiger partial charge in [0.05, 0.1) is 12.8 Å². The maximum Gasteiger partial charge on any atom is 0.140 e. The molecule has 0 fully saturated rings. The van der Waals surface area contributed by atoms with Gasteiger partial charge in [-0.1, -0.05) is 6.92 Å². The van der Waals surface area contributed by atoms with Gasteiger partial charge in [-0.05, 0) is 25.5 Å². The molecule has 1 aromatic heterocycles. The third kappa shape index (κ3) is 6.13. The van der Waals surface area contributed by atoms with E-state index in [1.54, 1.807) is 12.1 Å². The minimum absolute atomic E-state index is 0.00632. The van der Waals surface area contributed by atoms with Crippen molar-refractivity contribution in [2.24, 2.45) is 0 Å². The fourth-order valence-corrected chi connectivity index (χ4v) is 1.82. The highest BCUT2D eigenvalue weighted by Crippen LogP contribution is 2.11. The summed E-state index contributed by atoms with van der Waals surface area (Å²) in [6.45, 7) is 3.44. The number of ketones is 3. The number of Topliss-reactive ketones (excluding diaryl/α,β-unsaturated/α-hetero) is 3. The van der Waals surface area contributed by atoms with Crippen LogP contribution in [0.25, 0.3) is 0 Å². The van der Waals surface area contributed by atoms with Crippen LogP contribution in [0.1, 0.15) is 51.1 Å². The second-order valence-electron chi connectivity index (χ2n) is 4.75. The highest BCUT2D eigenvalue weighted by atomic mass is 16.3. The molecule has 0 aliphatic carbocycles. The third-order valence-corrected chi connectivity index (χ3v) is 2.72. The summed E-state index contributed by atoms with van der Waals surface area (Å²) >= 11 is 0. The highest BCUT2D eigenvalue weighted by molar-refractivity contribution is 5.86. The van der Waals surface area contributed by atoms with Crippen molar-refractivity contribution >= 4 is 17.3 Å². The van der Waals surface area contributed by atoms with Crippen molar-refractivity contribution in [3.63, 3.8) is 0 Å². The number of carbonyl (C=O) groups is 3. The van der Waals surface area contributed by atoms with Gasteiger partial charge in [-0.25, -0.2) is 0 Å².